The number of carbonyl (C=O) groups excluding carboxylic acids is 2. The molecule has 1 aromatic heterocycles. The van der Waals surface area contributed by atoms with Gasteiger partial charge in [0.15, 0.2) is 0 Å². The number of anilines is 2. The molecule has 2 aromatic rings. The SMILES string of the molecule is CC(C)COC(=O)Nc1cccc(NC(=O)NCCc2cccs2)c1. The summed E-state index contributed by atoms with van der Waals surface area (Å²) < 4.78 is 5.07. The first-order valence-corrected chi connectivity index (χ1v) is 9.02. The summed E-state index contributed by atoms with van der Waals surface area (Å²) in [4.78, 5) is 24.8. The van der Waals surface area contributed by atoms with Gasteiger partial charge in [-0.05, 0) is 42.0 Å². The normalized spacial score (nSPS) is 10.4. The molecule has 3 N–H and O–H groups in total. The molecular weight excluding hydrogens is 338 g/mol. The highest BCUT2D eigenvalue weighted by Gasteiger charge is 2.06. The number of thiophene rings is 1. The number of benzene rings is 1. The van der Waals surface area contributed by atoms with E-state index >= 15 is 0 Å². The molecule has 7 heteroatoms. The first kappa shape index (κ1) is 18.8. The number of urea groups is 1. The molecule has 0 aliphatic rings. The first-order valence-electron chi connectivity index (χ1n) is 8.14. The van der Waals surface area contributed by atoms with E-state index in [2.05, 4.69) is 16.0 Å². The van der Waals surface area contributed by atoms with Gasteiger partial charge in [0.2, 0.25) is 0 Å². The van der Waals surface area contributed by atoms with Crippen molar-refractivity contribution in [2.75, 3.05) is 23.8 Å². The maximum absolute atomic E-state index is 11.9. The van der Waals surface area contributed by atoms with Gasteiger partial charge in [-0.2, -0.15) is 0 Å². The van der Waals surface area contributed by atoms with Crippen molar-refractivity contribution in [2.24, 2.45) is 5.92 Å². The Labute approximate surface area is 151 Å². The average Bonchev–Trinajstić information content (AvgIpc) is 3.06. The van der Waals surface area contributed by atoms with Crippen LogP contribution in [0.25, 0.3) is 0 Å². The van der Waals surface area contributed by atoms with E-state index in [1.54, 1.807) is 35.6 Å². The summed E-state index contributed by atoms with van der Waals surface area (Å²) in [5, 5.41) is 10.2. The summed E-state index contributed by atoms with van der Waals surface area (Å²) in [7, 11) is 0. The molecule has 2 rings (SSSR count). The van der Waals surface area contributed by atoms with Crippen LogP contribution in [0.4, 0.5) is 21.0 Å². The second-order valence-corrected chi connectivity index (χ2v) is 6.94. The Morgan fingerprint density at radius 2 is 1.88 bits per heavy atom. The van der Waals surface area contributed by atoms with Crippen molar-refractivity contribution in [3.8, 4) is 0 Å². The van der Waals surface area contributed by atoms with Gasteiger partial charge in [-0.3, -0.25) is 5.32 Å². The standard InChI is InChI=1S/C18H23N3O3S/c1-13(2)12-24-18(23)21-15-6-3-5-14(11-15)20-17(22)19-9-8-16-7-4-10-25-16/h3-7,10-11,13H,8-9,12H2,1-2H3,(H,21,23)(H2,19,20,22). The van der Waals surface area contributed by atoms with Gasteiger partial charge >= 0.3 is 12.1 Å². The van der Waals surface area contributed by atoms with Gasteiger partial charge in [-0.1, -0.05) is 26.0 Å². The Morgan fingerprint density at radius 1 is 1.12 bits per heavy atom. The molecular formula is C18H23N3O3S. The lowest BCUT2D eigenvalue weighted by atomic mass is 10.2. The maximum atomic E-state index is 11.9. The minimum atomic E-state index is -0.508. The van der Waals surface area contributed by atoms with Gasteiger partial charge in [0.05, 0.1) is 6.61 Å². The minimum Gasteiger partial charge on any atom is -0.449 e. The zero-order valence-electron chi connectivity index (χ0n) is 14.4. The Balaban J connectivity index is 1.77. The largest absolute Gasteiger partial charge is 0.449 e. The summed E-state index contributed by atoms with van der Waals surface area (Å²) in [5.41, 5.74) is 1.15. The molecule has 1 heterocycles. The molecule has 0 bridgehead atoms. The summed E-state index contributed by atoms with van der Waals surface area (Å²) in [6, 6.07) is 10.7. The molecule has 0 fully saturated rings. The number of carbonyl (C=O) groups is 2. The van der Waals surface area contributed by atoms with Crippen LogP contribution in [0.1, 0.15) is 18.7 Å². The predicted molar refractivity (Wildman–Crippen MR) is 101 cm³/mol. The third-order valence-corrected chi connectivity index (χ3v) is 4.09. The van der Waals surface area contributed by atoms with Crippen LogP contribution < -0.4 is 16.0 Å². The summed E-state index contributed by atoms with van der Waals surface area (Å²) in [5.74, 6) is 0.275. The maximum Gasteiger partial charge on any atom is 0.411 e. The molecule has 0 aliphatic carbocycles. The van der Waals surface area contributed by atoms with Crippen molar-refractivity contribution in [3.63, 3.8) is 0 Å². The van der Waals surface area contributed by atoms with E-state index in [-0.39, 0.29) is 11.9 Å². The van der Waals surface area contributed by atoms with Crippen LogP contribution in [-0.4, -0.2) is 25.3 Å². The third-order valence-electron chi connectivity index (χ3n) is 3.15. The van der Waals surface area contributed by atoms with E-state index in [1.807, 2.05) is 31.4 Å². The Hall–Kier alpha value is -2.54. The van der Waals surface area contributed by atoms with Crippen LogP contribution in [0, 0.1) is 5.92 Å². The number of amides is 3. The second kappa shape index (κ2) is 9.68. The van der Waals surface area contributed by atoms with Crippen molar-refractivity contribution in [1.82, 2.24) is 5.32 Å². The Kier molecular flexibility index (Phi) is 7.28. The molecule has 0 atom stereocenters. The summed E-state index contributed by atoms with van der Waals surface area (Å²) >= 11 is 1.67. The number of hydrogen-bond acceptors (Lipinski definition) is 4. The smallest absolute Gasteiger partial charge is 0.411 e. The van der Waals surface area contributed by atoms with Crippen molar-refractivity contribution in [1.29, 1.82) is 0 Å². The van der Waals surface area contributed by atoms with Crippen molar-refractivity contribution >= 4 is 34.8 Å². The highest BCUT2D eigenvalue weighted by Crippen LogP contribution is 2.15. The Bertz CT molecular complexity index is 687. The molecule has 3 amide bonds. The number of hydrogen-bond donors (Lipinski definition) is 3. The fourth-order valence-electron chi connectivity index (χ4n) is 2.00. The van der Waals surface area contributed by atoms with Gasteiger partial charge in [-0.25, -0.2) is 9.59 Å². The molecule has 0 aliphatic heterocycles. The zero-order chi connectivity index (χ0) is 18.1. The van der Waals surface area contributed by atoms with E-state index in [0.29, 0.717) is 24.5 Å². The lowest BCUT2D eigenvalue weighted by molar-refractivity contribution is 0.147. The monoisotopic (exact) mass is 361 g/mol. The molecule has 134 valence electrons. The fraction of sp³-hybridized carbons (Fsp3) is 0.333. The van der Waals surface area contributed by atoms with Gasteiger partial charge in [0, 0.05) is 22.8 Å². The predicted octanol–water partition coefficient (Wildman–Crippen LogP) is 4.32. The van der Waals surface area contributed by atoms with Crippen LogP contribution >= 0.6 is 11.3 Å². The lowest BCUT2D eigenvalue weighted by Gasteiger charge is -2.11. The number of nitrogens with one attached hydrogen (secondary N) is 3. The highest BCUT2D eigenvalue weighted by atomic mass is 32.1. The van der Waals surface area contributed by atoms with Gasteiger partial charge in [-0.15, -0.1) is 11.3 Å². The minimum absolute atomic E-state index is 0.275. The molecule has 0 saturated carbocycles. The molecule has 1 aromatic carbocycles. The molecule has 6 nitrogen and oxygen atoms in total. The van der Waals surface area contributed by atoms with E-state index in [4.69, 9.17) is 4.74 Å². The molecule has 0 saturated heterocycles. The van der Waals surface area contributed by atoms with Crippen molar-refractivity contribution in [2.45, 2.75) is 20.3 Å². The fourth-order valence-corrected chi connectivity index (χ4v) is 2.71. The van der Waals surface area contributed by atoms with E-state index < -0.39 is 6.09 Å². The summed E-state index contributed by atoms with van der Waals surface area (Å²) in [6.45, 7) is 4.85. The van der Waals surface area contributed by atoms with Crippen molar-refractivity contribution < 1.29 is 14.3 Å². The van der Waals surface area contributed by atoms with Gasteiger partial charge < -0.3 is 15.4 Å². The van der Waals surface area contributed by atoms with Crippen LogP contribution in [0.15, 0.2) is 41.8 Å². The molecule has 0 spiro atoms. The topological polar surface area (TPSA) is 79.5 Å². The molecule has 0 radical (unpaired) electrons. The van der Waals surface area contributed by atoms with Crippen LogP contribution in [0.5, 0.6) is 0 Å². The third kappa shape index (κ3) is 7.26. The average molecular weight is 361 g/mol. The second-order valence-electron chi connectivity index (χ2n) is 5.91. The molecule has 0 unspecified atom stereocenters. The van der Waals surface area contributed by atoms with Crippen LogP contribution in [-0.2, 0) is 11.2 Å². The zero-order valence-corrected chi connectivity index (χ0v) is 15.2. The first-order chi connectivity index (χ1) is 12.0. The van der Waals surface area contributed by atoms with Crippen LogP contribution in [0.3, 0.4) is 0 Å². The highest BCUT2D eigenvalue weighted by molar-refractivity contribution is 7.09. The lowest BCUT2D eigenvalue weighted by Crippen LogP contribution is -2.30. The van der Waals surface area contributed by atoms with E-state index in [9.17, 15) is 9.59 Å². The number of ether oxygens (including phenoxy) is 1. The van der Waals surface area contributed by atoms with E-state index in [1.165, 1.54) is 4.88 Å². The van der Waals surface area contributed by atoms with Crippen LogP contribution in [0.2, 0.25) is 0 Å². The number of rotatable bonds is 7. The van der Waals surface area contributed by atoms with Gasteiger partial charge in [0.1, 0.15) is 0 Å². The quantitative estimate of drug-likeness (QED) is 0.687. The molecule has 25 heavy (non-hydrogen) atoms. The van der Waals surface area contributed by atoms with E-state index in [0.717, 1.165) is 6.42 Å². The van der Waals surface area contributed by atoms with Crippen molar-refractivity contribution in [3.05, 3.63) is 46.7 Å². The van der Waals surface area contributed by atoms with Gasteiger partial charge in [0.25, 0.3) is 0 Å². The Morgan fingerprint density at radius 3 is 2.56 bits per heavy atom. The summed E-state index contributed by atoms with van der Waals surface area (Å²) in [6.07, 6.45) is 0.292.